The van der Waals surface area contributed by atoms with Crippen molar-refractivity contribution in [2.75, 3.05) is 0 Å². The Morgan fingerprint density at radius 1 is 1.60 bits per heavy atom. The Hall–Kier alpha value is -1.09. The molecule has 1 unspecified atom stereocenters. The molecule has 0 spiro atoms. The standard InChI is InChI=1S/C11H12ClFO2/c1-7(14)6-8(2)15-10-5-3-4-9(12)11(10)13/h3-5,8H,6H2,1-2H3. The van der Waals surface area contributed by atoms with Crippen LogP contribution in [0.3, 0.4) is 0 Å². The molecular weight excluding hydrogens is 219 g/mol. The van der Waals surface area contributed by atoms with Crippen LogP contribution in [0.4, 0.5) is 4.39 Å². The van der Waals surface area contributed by atoms with Crippen LogP contribution in [0, 0.1) is 5.82 Å². The number of ketones is 1. The number of ether oxygens (including phenoxy) is 1. The van der Waals surface area contributed by atoms with Crippen LogP contribution < -0.4 is 4.74 Å². The molecule has 0 bridgehead atoms. The first-order valence-electron chi connectivity index (χ1n) is 4.61. The van der Waals surface area contributed by atoms with Gasteiger partial charge in [0.15, 0.2) is 11.6 Å². The third kappa shape index (κ3) is 3.51. The zero-order valence-electron chi connectivity index (χ0n) is 8.59. The third-order valence-corrected chi connectivity index (χ3v) is 2.11. The van der Waals surface area contributed by atoms with Crippen LogP contribution in [0.5, 0.6) is 5.75 Å². The fraction of sp³-hybridized carbons (Fsp3) is 0.364. The zero-order valence-corrected chi connectivity index (χ0v) is 9.34. The molecule has 0 N–H and O–H groups in total. The molecule has 0 saturated carbocycles. The minimum absolute atomic E-state index is 0.00457. The van der Waals surface area contributed by atoms with Gasteiger partial charge < -0.3 is 4.74 Å². The first-order chi connectivity index (χ1) is 7.00. The molecular formula is C11H12ClFO2. The van der Waals surface area contributed by atoms with E-state index in [2.05, 4.69) is 0 Å². The van der Waals surface area contributed by atoms with Crippen LogP contribution in [0.1, 0.15) is 20.3 Å². The van der Waals surface area contributed by atoms with Crippen LogP contribution in [0.15, 0.2) is 18.2 Å². The predicted molar refractivity (Wildman–Crippen MR) is 56.8 cm³/mol. The Morgan fingerprint density at radius 2 is 2.27 bits per heavy atom. The summed E-state index contributed by atoms with van der Waals surface area (Å²) in [4.78, 5) is 10.8. The normalized spacial score (nSPS) is 12.3. The van der Waals surface area contributed by atoms with Gasteiger partial charge in [0.25, 0.3) is 0 Å². The van der Waals surface area contributed by atoms with Gasteiger partial charge in [-0.1, -0.05) is 17.7 Å². The fourth-order valence-corrected chi connectivity index (χ4v) is 1.40. The SMILES string of the molecule is CC(=O)CC(C)Oc1cccc(Cl)c1F. The van der Waals surface area contributed by atoms with Crippen LogP contribution in [0.25, 0.3) is 0 Å². The Morgan fingerprint density at radius 3 is 2.87 bits per heavy atom. The van der Waals surface area contributed by atoms with Crippen molar-refractivity contribution in [3.05, 3.63) is 29.0 Å². The molecule has 4 heteroatoms. The van der Waals surface area contributed by atoms with Gasteiger partial charge in [-0.2, -0.15) is 0 Å². The molecule has 1 aromatic carbocycles. The minimum Gasteiger partial charge on any atom is -0.487 e. The maximum atomic E-state index is 13.4. The average molecular weight is 231 g/mol. The summed E-state index contributed by atoms with van der Waals surface area (Å²) >= 11 is 5.58. The molecule has 1 atom stereocenters. The van der Waals surface area contributed by atoms with Crippen molar-refractivity contribution >= 4 is 17.4 Å². The molecule has 0 amide bonds. The van der Waals surface area contributed by atoms with E-state index >= 15 is 0 Å². The Labute approximate surface area is 93.0 Å². The highest BCUT2D eigenvalue weighted by atomic mass is 35.5. The van der Waals surface area contributed by atoms with Gasteiger partial charge in [0.2, 0.25) is 0 Å². The molecule has 0 aliphatic carbocycles. The van der Waals surface area contributed by atoms with Crippen molar-refractivity contribution in [1.29, 1.82) is 0 Å². The predicted octanol–water partition coefficient (Wildman–Crippen LogP) is 3.23. The number of rotatable bonds is 4. The van der Waals surface area contributed by atoms with E-state index in [1.165, 1.54) is 19.1 Å². The summed E-state index contributed by atoms with van der Waals surface area (Å²) in [5.41, 5.74) is 0. The lowest BCUT2D eigenvalue weighted by Gasteiger charge is -2.13. The summed E-state index contributed by atoms with van der Waals surface area (Å²) in [5, 5.41) is 0.0162. The van der Waals surface area contributed by atoms with Crippen molar-refractivity contribution in [1.82, 2.24) is 0 Å². The van der Waals surface area contributed by atoms with Gasteiger partial charge in [0.05, 0.1) is 5.02 Å². The highest BCUT2D eigenvalue weighted by Gasteiger charge is 2.12. The van der Waals surface area contributed by atoms with Crippen molar-refractivity contribution in [3.63, 3.8) is 0 Å². The lowest BCUT2D eigenvalue weighted by atomic mass is 10.2. The first-order valence-corrected chi connectivity index (χ1v) is 4.98. The zero-order chi connectivity index (χ0) is 11.4. The van der Waals surface area contributed by atoms with E-state index in [0.717, 1.165) is 0 Å². The van der Waals surface area contributed by atoms with Gasteiger partial charge in [-0.25, -0.2) is 4.39 Å². The smallest absolute Gasteiger partial charge is 0.183 e. The van der Waals surface area contributed by atoms with E-state index < -0.39 is 5.82 Å². The van der Waals surface area contributed by atoms with E-state index in [1.807, 2.05) is 0 Å². The van der Waals surface area contributed by atoms with Crippen molar-refractivity contribution in [3.8, 4) is 5.75 Å². The van der Waals surface area contributed by atoms with E-state index in [1.54, 1.807) is 13.0 Å². The number of carbonyl (C=O) groups is 1. The molecule has 0 radical (unpaired) electrons. The van der Waals surface area contributed by atoms with Crippen molar-refractivity contribution in [2.45, 2.75) is 26.4 Å². The number of benzene rings is 1. The lowest BCUT2D eigenvalue weighted by molar-refractivity contribution is -0.118. The third-order valence-electron chi connectivity index (χ3n) is 1.82. The van der Waals surface area contributed by atoms with Gasteiger partial charge >= 0.3 is 0 Å². The molecule has 0 heterocycles. The van der Waals surface area contributed by atoms with E-state index in [0.29, 0.717) is 0 Å². The number of hydrogen-bond donors (Lipinski definition) is 0. The van der Waals surface area contributed by atoms with Gasteiger partial charge in [0.1, 0.15) is 11.9 Å². The van der Waals surface area contributed by atoms with Gasteiger partial charge in [-0.3, -0.25) is 4.79 Å². The fourth-order valence-electron chi connectivity index (χ4n) is 1.24. The van der Waals surface area contributed by atoms with Crippen LogP contribution in [-0.4, -0.2) is 11.9 Å². The topological polar surface area (TPSA) is 26.3 Å². The molecule has 1 aromatic rings. The molecule has 15 heavy (non-hydrogen) atoms. The van der Waals surface area contributed by atoms with Gasteiger partial charge in [0, 0.05) is 6.42 Å². The molecule has 0 aliphatic heterocycles. The molecule has 2 nitrogen and oxygen atoms in total. The second-order valence-electron chi connectivity index (χ2n) is 3.39. The maximum absolute atomic E-state index is 13.4. The summed E-state index contributed by atoms with van der Waals surface area (Å²) in [7, 11) is 0. The summed E-state index contributed by atoms with van der Waals surface area (Å²) in [5.74, 6) is -0.504. The van der Waals surface area contributed by atoms with Crippen molar-refractivity contribution in [2.24, 2.45) is 0 Å². The molecule has 1 rings (SSSR count). The second-order valence-corrected chi connectivity index (χ2v) is 3.79. The highest BCUT2D eigenvalue weighted by Crippen LogP contribution is 2.25. The van der Waals surface area contributed by atoms with E-state index in [-0.39, 0.29) is 29.1 Å². The van der Waals surface area contributed by atoms with Crippen LogP contribution in [-0.2, 0) is 4.79 Å². The number of carbonyl (C=O) groups excluding carboxylic acids is 1. The summed E-state index contributed by atoms with van der Waals surface area (Å²) in [6, 6.07) is 4.53. The molecule has 0 aromatic heterocycles. The Balaban J connectivity index is 2.72. The lowest BCUT2D eigenvalue weighted by Crippen LogP contribution is -2.16. The van der Waals surface area contributed by atoms with E-state index in [9.17, 15) is 9.18 Å². The number of Topliss-reactive ketones (excluding diaryl/α,β-unsaturated/α-hetero) is 1. The summed E-state index contributed by atoms with van der Waals surface area (Å²) in [6.07, 6.45) is -0.0955. The first kappa shape index (κ1) is 12.0. The summed E-state index contributed by atoms with van der Waals surface area (Å²) in [6.45, 7) is 3.18. The molecule has 0 saturated heterocycles. The molecule has 82 valence electrons. The Bertz CT molecular complexity index is 366. The second kappa shape index (κ2) is 5.12. The molecule has 0 aliphatic rings. The number of hydrogen-bond acceptors (Lipinski definition) is 2. The minimum atomic E-state index is -0.588. The average Bonchev–Trinajstić information content (AvgIpc) is 2.11. The molecule has 0 fully saturated rings. The van der Waals surface area contributed by atoms with Gasteiger partial charge in [-0.05, 0) is 26.0 Å². The quantitative estimate of drug-likeness (QED) is 0.794. The van der Waals surface area contributed by atoms with Crippen molar-refractivity contribution < 1.29 is 13.9 Å². The largest absolute Gasteiger partial charge is 0.487 e. The van der Waals surface area contributed by atoms with Crippen LogP contribution in [0.2, 0.25) is 5.02 Å². The highest BCUT2D eigenvalue weighted by molar-refractivity contribution is 6.30. The maximum Gasteiger partial charge on any atom is 0.183 e. The Kier molecular flexibility index (Phi) is 4.09. The number of halogens is 2. The summed E-state index contributed by atoms with van der Waals surface area (Å²) < 4.78 is 18.6. The monoisotopic (exact) mass is 230 g/mol. The van der Waals surface area contributed by atoms with Gasteiger partial charge in [-0.15, -0.1) is 0 Å². The van der Waals surface area contributed by atoms with E-state index in [4.69, 9.17) is 16.3 Å². The van der Waals surface area contributed by atoms with Crippen LogP contribution >= 0.6 is 11.6 Å².